The maximum absolute atomic E-state index is 11.3. The van der Waals surface area contributed by atoms with Crippen molar-refractivity contribution in [3.8, 4) is 0 Å². The zero-order valence-corrected chi connectivity index (χ0v) is 8.38. The monoisotopic (exact) mass is 209 g/mol. The number of carboxylic acids is 1. The van der Waals surface area contributed by atoms with Gasteiger partial charge in [0, 0.05) is 0 Å². The van der Waals surface area contributed by atoms with Gasteiger partial charge in [0.05, 0.1) is 5.75 Å². The normalized spacial score (nSPS) is 14.0. The van der Waals surface area contributed by atoms with Crippen LogP contribution in [0.4, 0.5) is 0 Å². The Hall–Kier alpha value is -0.620. The molecule has 5 nitrogen and oxygen atoms in total. The number of carboxylic acid groups (broad SMARTS) is 1. The molecule has 0 saturated heterocycles. The highest BCUT2D eigenvalue weighted by molar-refractivity contribution is 7.92. The van der Waals surface area contributed by atoms with E-state index in [4.69, 9.17) is 10.8 Å². The Morgan fingerprint density at radius 3 is 2.38 bits per heavy atom. The second-order valence-electron chi connectivity index (χ2n) is 2.77. The zero-order valence-electron chi connectivity index (χ0n) is 7.56. The van der Waals surface area contributed by atoms with Crippen molar-refractivity contribution in [1.82, 2.24) is 0 Å². The van der Waals surface area contributed by atoms with Gasteiger partial charge in [0.15, 0.2) is 15.1 Å². The van der Waals surface area contributed by atoms with Gasteiger partial charge < -0.3 is 10.8 Å². The van der Waals surface area contributed by atoms with Crippen LogP contribution in [0, 0.1) is 0 Å². The summed E-state index contributed by atoms with van der Waals surface area (Å²) in [6, 6.07) is 0. The second kappa shape index (κ2) is 5.18. The van der Waals surface area contributed by atoms with Gasteiger partial charge in [-0.2, -0.15) is 0 Å². The fourth-order valence-electron chi connectivity index (χ4n) is 1.03. The van der Waals surface area contributed by atoms with Crippen LogP contribution in [0.5, 0.6) is 0 Å². The maximum Gasteiger partial charge on any atom is 0.321 e. The van der Waals surface area contributed by atoms with Crippen LogP contribution in [0.2, 0.25) is 0 Å². The number of aliphatic carboxylic acids is 1. The molecule has 0 radical (unpaired) electrons. The van der Waals surface area contributed by atoms with Gasteiger partial charge in [-0.05, 0) is 19.4 Å². The molecule has 0 aromatic heterocycles. The van der Waals surface area contributed by atoms with Crippen molar-refractivity contribution in [1.29, 1.82) is 0 Å². The molecule has 0 aliphatic rings. The molecule has 78 valence electrons. The van der Waals surface area contributed by atoms with Crippen LogP contribution >= 0.6 is 0 Å². The average Bonchev–Trinajstić information content (AvgIpc) is 1.99. The fourth-order valence-corrected chi connectivity index (χ4v) is 2.69. The topological polar surface area (TPSA) is 97.5 Å². The summed E-state index contributed by atoms with van der Waals surface area (Å²) in [4.78, 5) is 10.6. The average molecular weight is 209 g/mol. The first-order valence-electron chi connectivity index (χ1n) is 4.10. The number of sulfone groups is 1. The summed E-state index contributed by atoms with van der Waals surface area (Å²) in [6.45, 7) is 1.76. The minimum absolute atomic E-state index is 0.0162. The van der Waals surface area contributed by atoms with E-state index in [1.807, 2.05) is 0 Å². The first-order valence-corrected chi connectivity index (χ1v) is 5.81. The molecule has 0 aliphatic carbocycles. The van der Waals surface area contributed by atoms with Gasteiger partial charge in [-0.25, -0.2) is 8.42 Å². The molecule has 0 aromatic carbocycles. The Morgan fingerprint density at radius 2 is 2.08 bits per heavy atom. The Morgan fingerprint density at radius 1 is 1.54 bits per heavy atom. The van der Waals surface area contributed by atoms with E-state index in [0.29, 0.717) is 6.42 Å². The minimum atomic E-state index is -3.51. The summed E-state index contributed by atoms with van der Waals surface area (Å²) < 4.78 is 22.7. The molecule has 13 heavy (non-hydrogen) atoms. The molecular formula is C7H15NO4S. The van der Waals surface area contributed by atoms with E-state index in [1.165, 1.54) is 0 Å². The zero-order chi connectivity index (χ0) is 10.5. The number of hydrogen-bond donors (Lipinski definition) is 2. The van der Waals surface area contributed by atoms with E-state index in [1.54, 1.807) is 6.92 Å². The molecule has 0 aromatic rings. The third kappa shape index (κ3) is 3.73. The SMILES string of the molecule is CCCS(=O)(=O)C(CCN)C(=O)O. The van der Waals surface area contributed by atoms with E-state index >= 15 is 0 Å². The Labute approximate surface area is 77.8 Å². The molecule has 1 atom stereocenters. The van der Waals surface area contributed by atoms with Crippen LogP contribution in [0.15, 0.2) is 0 Å². The van der Waals surface area contributed by atoms with E-state index < -0.39 is 21.1 Å². The molecule has 0 bridgehead atoms. The van der Waals surface area contributed by atoms with E-state index in [0.717, 1.165) is 0 Å². The van der Waals surface area contributed by atoms with Crippen molar-refractivity contribution >= 4 is 15.8 Å². The van der Waals surface area contributed by atoms with Crippen molar-refractivity contribution < 1.29 is 18.3 Å². The van der Waals surface area contributed by atoms with Crippen molar-refractivity contribution in [3.63, 3.8) is 0 Å². The van der Waals surface area contributed by atoms with Crippen LogP contribution in [0.25, 0.3) is 0 Å². The molecule has 0 heterocycles. The number of nitrogens with two attached hydrogens (primary N) is 1. The highest BCUT2D eigenvalue weighted by atomic mass is 32.2. The minimum Gasteiger partial charge on any atom is -0.480 e. The van der Waals surface area contributed by atoms with Gasteiger partial charge in [0.2, 0.25) is 0 Å². The molecule has 1 unspecified atom stereocenters. The van der Waals surface area contributed by atoms with Crippen molar-refractivity contribution in [2.24, 2.45) is 5.73 Å². The molecule has 0 amide bonds. The largest absolute Gasteiger partial charge is 0.480 e. The van der Waals surface area contributed by atoms with E-state index in [-0.39, 0.29) is 18.7 Å². The molecule has 0 aliphatic heterocycles. The standard InChI is InChI=1S/C7H15NO4S/c1-2-5-13(11,12)6(3-4-8)7(9)10/h6H,2-5,8H2,1H3,(H,9,10). The van der Waals surface area contributed by atoms with Gasteiger partial charge >= 0.3 is 5.97 Å². The maximum atomic E-state index is 11.3. The smallest absolute Gasteiger partial charge is 0.321 e. The van der Waals surface area contributed by atoms with Crippen LogP contribution in [-0.4, -0.2) is 37.0 Å². The molecule has 0 fully saturated rings. The predicted molar refractivity (Wildman–Crippen MR) is 49.2 cm³/mol. The van der Waals surface area contributed by atoms with Crippen molar-refractivity contribution in [2.75, 3.05) is 12.3 Å². The van der Waals surface area contributed by atoms with Crippen LogP contribution in [-0.2, 0) is 14.6 Å². The van der Waals surface area contributed by atoms with Gasteiger partial charge in [0.25, 0.3) is 0 Å². The lowest BCUT2D eigenvalue weighted by atomic mass is 10.3. The van der Waals surface area contributed by atoms with E-state index in [9.17, 15) is 13.2 Å². The highest BCUT2D eigenvalue weighted by Crippen LogP contribution is 2.08. The fraction of sp³-hybridized carbons (Fsp3) is 0.857. The molecular weight excluding hydrogens is 194 g/mol. The van der Waals surface area contributed by atoms with Gasteiger partial charge in [0.1, 0.15) is 0 Å². The van der Waals surface area contributed by atoms with Crippen molar-refractivity contribution in [2.45, 2.75) is 25.0 Å². The molecule has 0 rings (SSSR count). The quantitative estimate of drug-likeness (QED) is 0.621. The predicted octanol–water partition coefficient (Wildman–Crippen LogP) is -0.387. The molecule has 3 N–H and O–H groups in total. The van der Waals surface area contributed by atoms with Gasteiger partial charge in [-0.1, -0.05) is 6.92 Å². The highest BCUT2D eigenvalue weighted by Gasteiger charge is 2.30. The van der Waals surface area contributed by atoms with Crippen LogP contribution in [0.1, 0.15) is 19.8 Å². The summed E-state index contributed by atoms with van der Waals surface area (Å²) in [7, 11) is -3.51. The summed E-state index contributed by atoms with van der Waals surface area (Å²) in [5, 5.41) is 7.30. The lowest BCUT2D eigenvalue weighted by Crippen LogP contribution is -2.33. The third-order valence-corrected chi connectivity index (χ3v) is 3.91. The Balaban J connectivity index is 4.63. The van der Waals surface area contributed by atoms with Gasteiger partial charge in [-0.15, -0.1) is 0 Å². The Bertz CT molecular complexity index is 260. The molecule has 0 spiro atoms. The number of rotatable bonds is 6. The molecule has 0 saturated carbocycles. The number of hydrogen-bond acceptors (Lipinski definition) is 4. The third-order valence-electron chi connectivity index (χ3n) is 1.63. The van der Waals surface area contributed by atoms with Gasteiger partial charge in [-0.3, -0.25) is 4.79 Å². The van der Waals surface area contributed by atoms with Crippen LogP contribution < -0.4 is 5.73 Å². The van der Waals surface area contributed by atoms with Crippen molar-refractivity contribution in [3.05, 3.63) is 0 Å². The van der Waals surface area contributed by atoms with Crippen LogP contribution in [0.3, 0.4) is 0 Å². The lowest BCUT2D eigenvalue weighted by Gasteiger charge is -2.11. The number of carbonyl (C=O) groups is 1. The first kappa shape index (κ1) is 12.4. The molecule has 6 heteroatoms. The Kier molecular flexibility index (Phi) is 4.94. The summed E-state index contributed by atoms with van der Waals surface area (Å²) >= 11 is 0. The summed E-state index contributed by atoms with van der Waals surface area (Å²) in [6.07, 6.45) is 0.411. The first-order chi connectivity index (χ1) is 5.95. The summed E-state index contributed by atoms with van der Waals surface area (Å²) in [5.74, 6) is -1.40. The second-order valence-corrected chi connectivity index (χ2v) is 5.07. The lowest BCUT2D eigenvalue weighted by molar-refractivity contribution is -0.136. The summed E-state index contributed by atoms with van der Waals surface area (Å²) in [5.41, 5.74) is 5.13. The van der Waals surface area contributed by atoms with E-state index in [2.05, 4.69) is 0 Å².